The summed E-state index contributed by atoms with van der Waals surface area (Å²) in [6, 6.07) is 14.1. The van der Waals surface area contributed by atoms with E-state index in [0.717, 1.165) is 13.2 Å². The van der Waals surface area contributed by atoms with Crippen molar-refractivity contribution in [2.75, 3.05) is 13.7 Å². The van der Waals surface area contributed by atoms with Gasteiger partial charge in [0.2, 0.25) is 0 Å². The normalized spacial score (nSPS) is 21.6. The van der Waals surface area contributed by atoms with Crippen LogP contribution in [0.15, 0.2) is 36.4 Å². The van der Waals surface area contributed by atoms with Crippen LogP contribution in [0.4, 0.5) is 0 Å². The second kappa shape index (κ2) is 6.15. The Morgan fingerprint density at radius 1 is 1.14 bits per heavy atom. The molecule has 0 amide bonds. The van der Waals surface area contributed by atoms with Gasteiger partial charge in [-0.1, -0.05) is 24.3 Å². The van der Waals surface area contributed by atoms with Crippen LogP contribution in [-0.2, 0) is 24.1 Å². The monoisotopic (exact) mass is 313 g/mol. The zero-order valence-electron chi connectivity index (χ0n) is 13.1. The Kier molecular flexibility index (Phi) is 4.03. The van der Waals surface area contributed by atoms with Crippen LogP contribution in [-0.4, -0.2) is 24.6 Å². The fourth-order valence-electron chi connectivity index (χ4n) is 3.68. The van der Waals surface area contributed by atoms with Crippen molar-refractivity contribution in [2.45, 2.75) is 44.4 Å². The van der Waals surface area contributed by atoms with Crippen molar-refractivity contribution >= 4 is 11.3 Å². The highest BCUT2D eigenvalue weighted by molar-refractivity contribution is 7.12. The molecule has 0 saturated carbocycles. The van der Waals surface area contributed by atoms with E-state index in [2.05, 4.69) is 48.3 Å². The van der Waals surface area contributed by atoms with Crippen molar-refractivity contribution in [1.29, 1.82) is 0 Å². The van der Waals surface area contributed by atoms with Crippen molar-refractivity contribution in [3.05, 3.63) is 57.3 Å². The zero-order chi connectivity index (χ0) is 14.9. The summed E-state index contributed by atoms with van der Waals surface area (Å²) >= 11 is 1.93. The van der Waals surface area contributed by atoms with Crippen LogP contribution in [0.5, 0.6) is 0 Å². The molecule has 2 nitrogen and oxygen atoms in total. The van der Waals surface area contributed by atoms with Gasteiger partial charge in [0.15, 0.2) is 0 Å². The molecule has 1 aliphatic heterocycles. The lowest BCUT2D eigenvalue weighted by molar-refractivity contribution is 0.114. The molecule has 0 bridgehead atoms. The van der Waals surface area contributed by atoms with E-state index in [1.54, 1.807) is 0 Å². The molecular weight excluding hydrogens is 290 g/mol. The average Bonchev–Trinajstić information content (AvgIpc) is 3.26. The van der Waals surface area contributed by atoms with Gasteiger partial charge >= 0.3 is 0 Å². The minimum atomic E-state index is 0.361. The molecule has 1 aromatic carbocycles. The Morgan fingerprint density at radius 3 is 2.59 bits per heavy atom. The molecule has 116 valence electrons. The number of ether oxygens (including phenoxy) is 1. The number of fused-ring (bicyclic) bond motifs is 1. The topological polar surface area (TPSA) is 12.5 Å². The van der Waals surface area contributed by atoms with E-state index < -0.39 is 0 Å². The van der Waals surface area contributed by atoms with Crippen LogP contribution < -0.4 is 0 Å². The summed E-state index contributed by atoms with van der Waals surface area (Å²) in [5, 5.41) is 0. The fourth-order valence-corrected chi connectivity index (χ4v) is 4.84. The third kappa shape index (κ3) is 2.85. The third-order valence-corrected chi connectivity index (χ3v) is 6.15. The van der Waals surface area contributed by atoms with E-state index in [-0.39, 0.29) is 0 Å². The molecule has 2 aliphatic rings. The van der Waals surface area contributed by atoms with E-state index >= 15 is 0 Å². The van der Waals surface area contributed by atoms with E-state index in [9.17, 15) is 0 Å². The molecule has 3 heteroatoms. The summed E-state index contributed by atoms with van der Waals surface area (Å²) in [6.45, 7) is 1.98. The van der Waals surface area contributed by atoms with Crippen LogP contribution in [0.3, 0.4) is 0 Å². The minimum Gasteiger partial charge on any atom is -0.373 e. The number of hydrogen-bond donors (Lipinski definition) is 0. The van der Waals surface area contributed by atoms with Gasteiger partial charge in [0.05, 0.1) is 6.10 Å². The second-order valence-electron chi connectivity index (χ2n) is 6.55. The summed E-state index contributed by atoms with van der Waals surface area (Å²) in [5.41, 5.74) is 3.07. The first kappa shape index (κ1) is 14.4. The maximum absolute atomic E-state index is 5.80. The molecule has 1 aromatic heterocycles. The third-order valence-electron chi connectivity index (χ3n) is 4.99. The van der Waals surface area contributed by atoms with E-state index in [1.807, 2.05) is 11.3 Å². The van der Waals surface area contributed by atoms with Gasteiger partial charge in [-0.05, 0) is 56.0 Å². The van der Waals surface area contributed by atoms with Crippen molar-refractivity contribution < 1.29 is 4.74 Å². The molecule has 1 atom stereocenters. The smallest absolute Gasteiger partial charge is 0.0917 e. The molecule has 1 saturated heterocycles. The molecule has 22 heavy (non-hydrogen) atoms. The average molecular weight is 313 g/mol. The number of hydrogen-bond acceptors (Lipinski definition) is 3. The molecule has 4 rings (SSSR count). The van der Waals surface area contributed by atoms with Crippen LogP contribution in [0.2, 0.25) is 0 Å². The van der Waals surface area contributed by atoms with E-state index in [0.29, 0.717) is 12.1 Å². The van der Waals surface area contributed by atoms with Gasteiger partial charge in [0.1, 0.15) is 0 Å². The molecule has 0 N–H and O–H groups in total. The number of nitrogens with zero attached hydrogens (tertiary/aromatic N) is 1. The predicted molar refractivity (Wildman–Crippen MR) is 91.4 cm³/mol. The Hall–Kier alpha value is -1.16. The van der Waals surface area contributed by atoms with Crippen LogP contribution in [0.25, 0.3) is 0 Å². The molecule has 1 aliphatic carbocycles. The van der Waals surface area contributed by atoms with Gasteiger partial charge in [-0.15, -0.1) is 11.3 Å². The van der Waals surface area contributed by atoms with Gasteiger partial charge in [-0.3, -0.25) is 4.90 Å². The van der Waals surface area contributed by atoms with Gasteiger partial charge < -0.3 is 4.74 Å². The lowest BCUT2D eigenvalue weighted by Crippen LogP contribution is -2.31. The minimum absolute atomic E-state index is 0.361. The first-order chi connectivity index (χ1) is 10.8. The molecular formula is C19H23NOS. The predicted octanol–water partition coefficient (Wildman–Crippen LogP) is 4.20. The van der Waals surface area contributed by atoms with Crippen LogP contribution in [0, 0.1) is 0 Å². The quantitative estimate of drug-likeness (QED) is 0.839. The summed E-state index contributed by atoms with van der Waals surface area (Å²) in [4.78, 5) is 5.39. The number of rotatable bonds is 4. The molecule has 2 heterocycles. The largest absolute Gasteiger partial charge is 0.373 e. The van der Waals surface area contributed by atoms with E-state index in [4.69, 9.17) is 4.74 Å². The Morgan fingerprint density at radius 2 is 1.91 bits per heavy atom. The summed E-state index contributed by atoms with van der Waals surface area (Å²) in [6.07, 6.45) is 5.14. The summed E-state index contributed by atoms with van der Waals surface area (Å²) in [7, 11) is 2.27. The van der Waals surface area contributed by atoms with E-state index in [1.165, 1.54) is 46.6 Å². The standard InChI is InChI=1S/C19H23NOS/c1-20(16-11-14-5-2-3-6-15(14)12-16)13-17-8-9-19(22-17)18-7-4-10-21-18/h2-3,5-6,8-9,16,18H,4,7,10-13H2,1H3. The maximum Gasteiger partial charge on any atom is 0.0917 e. The molecule has 1 fully saturated rings. The van der Waals surface area contributed by atoms with Crippen molar-refractivity contribution in [3.8, 4) is 0 Å². The molecule has 0 radical (unpaired) electrons. The molecule has 2 aromatic rings. The Bertz CT molecular complexity index is 619. The Labute approximate surface area is 136 Å². The molecule has 1 unspecified atom stereocenters. The first-order valence-corrected chi connectivity index (χ1v) is 9.08. The Balaban J connectivity index is 1.39. The van der Waals surface area contributed by atoms with Gasteiger partial charge in [0, 0.05) is 28.9 Å². The number of benzene rings is 1. The highest BCUT2D eigenvalue weighted by Crippen LogP contribution is 2.34. The maximum atomic E-state index is 5.80. The van der Waals surface area contributed by atoms with Gasteiger partial charge in [0.25, 0.3) is 0 Å². The second-order valence-corrected chi connectivity index (χ2v) is 7.75. The van der Waals surface area contributed by atoms with Crippen molar-refractivity contribution in [2.24, 2.45) is 0 Å². The number of likely N-dealkylation sites (N-methyl/N-ethyl adjacent to an activating group) is 1. The summed E-state index contributed by atoms with van der Waals surface area (Å²) < 4.78 is 5.80. The van der Waals surface area contributed by atoms with Crippen LogP contribution >= 0.6 is 11.3 Å². The molecule has 0 spiro atoms. The highest BCUT2D eigenvalue weighted by Gasteiger charge is 2.25. The first-order valence-electron chi connectivity index (χ1n) is 8.27. The highest BCUT2D eigenvalue weighted by atomic mass is 32.1. The van der Waals surface area contributed by atoms with Gasteiger partial charge in [-0.2, -0.15) is 0 Å². The lowest BCUT2D eigenvalue weighted by atomic mass is 10.1. The fraction of sp³-hybridized carbons (Fsp3) is 0.474. The number of thiophene rings is 1. The van der Waals surface area contributed by atoms with Crippen LogP contribution in [0.1, 0.15) is 39.8 Å². The van der Waals surface area contributed by atoms with Crippen molar-refractivity contribution in [1.82, 2.24) is 4.90 Å². The zero-order valence-corrected chi connectivity index (χ0v) is 13.9. The lowest BCUT2D eigenvalue weighted by Gasteiger charge is -2.23. The SMILES string of the molecule is CN(Cc1ccc(C2CCCO2)s1)C1Cc2ccccc2C1. The summed E-state index contributed by atoms with van der Waals surface area (Å²) in [5.74, 6) is 0. The van der Waals surface area contributed by atoms with Gasteiger partial charge in [-0.25, -0.2) is 0 Å². The van der Waals surface area contributed by atoms with Crippen molar-refractivity contribution in [3.63, 3.8) is 0 Å².